The molecule has 0 bridgehead atoms. The molecule has 0 aliphatic heterocycles. The number of anilines is 1. The fourth-order valence-corrected chi connectivity index (χ4v) is 2.63. The van der Waals surface area contributed by atoms with Gasteiger partial charge in [0.1, 0.15) is 5.84 Å². The standard InChI is InChI=1S/C12H20N4O2S/c1-9(2)8-15-19(17,18)16(3)11-7-5-4-6-10(11)12(13)14/h4-7,9,15H,8H2,1-3H3,(H3,13,14). The second-order valence-corrected chi connectivity index (χ2v) is 6.43. The van der Waals surface area contributed by atoms with Crippen molar-refractivity contribution in [1.82, 2.24) is 4.72 Å². The van der Waals surface area contributed by atoms with Gasteiger partial charge in [-0.2, -0.15) is 13.1 Å². The van der Waals surface area contributed by atoms with Crippen molar-refractivity contribution in [3.63, 3.8) is 0 Å². The number of para-hydroxylation sites is 1. The molecular formula is C12H20N4O2S. The van der Waals surface area contributed by atoms with Gasteiger partial charge in [-0.15, -0.1) is 0 Å². The molecule has 0 radical (unpaired) electrons. The molecule has 0 spiro atoms. The molecule has 0 unspecified atom stereocenters. The first-order chi connectivity index (χ1) is 8.75. The molecule has 0 heterocycles. The fourth-order valence-electron chi connectivity index (χ4n) is 1.47. The number of hydrogen-bond acceptors (Lipinski definition) is 3. The average Bonchev–Trinajstić information content (AvgIpc) is 2.35. The molecule has 0 atom stereocenters. The van der Waals surface area contributed by atoms with Gasteiger partial charge in [0.15, 0.2) is 0 Å². The highest BCUT2D eigenvalue weighted by atomic mass is 32.2. The van der Waals surface area contributed by atoms with Gasteiger partial charge in [-0.3, -0.25) is 9.71 Å². The predicted molar refractivity (Wildman–Crippen MR) is 77.6 cm³/mol. The van der Waals surface area contributed by atoms with Crippen molar-refractivity contribution in [1.29, 1.82) is 5.41 Å². The summed E-state index contributed by atoms with van der Waals surface area (Å²) >= 11 is 0. The van der Waals surface area contributed by atoms with E-state index in [-0.39, 0.29) is 11.8 Å². The Bertz CT molecular complexity index is 555. The Balaban J connectivity index is 3.06. The number of rotatable bonds is 6. The van der Waals surface area contributed by atoms with Crippen molar-refractivity contribution in [2.24, 2.45) is 11.7 Å². The summed E-state index contributed by atoms with van der Waals surface area (Å²) in [7, 11) is -2.20. The summed E-state index contributed by atoms with van der Waals surface area (Å²) in [5, 5.41) is 7.48. The summed E-state index contributed by atoms with van der Waals surface area (Å²) in [6, 6.07) is 6.65. The van der Waals surface area contributed by atoms with Crippen LogP contribution >= 0.6 is 0 Å². The second-order valence-electron chi connectivity index (χ2n) is 4.65. The molecule has 106 valence electrons. The van der Waals surface area contributed by atoms with Crippen LogP contribution in [0.4, 0.5) is 5.69 Å². The quantitative estimate of drug-likeness (QED) is 0.534. The number of nitrogens with zero attached hydrogens (tertiary/aromatic N) is 1. The average molecular weight is 284 g/mol. The van der Waals surface area contributed by atoms with Crippen molar-refractivity contribution < 1.29 is 8.42 Å². The molecular weight excluding hydrogens is 264 g/mol. The molecule has 0 fully saturated rings. The lowest BCUT2D eigenvalue weighted by Gasteiger charge is -2.22. The van der Waals surface area contributed by atoms with Gasteiger partial charge in [0.05, 0.1) is 5.69 Å². The number of nitrogens with one attached hydrogen (secondary N) is 2. The van der Waals surface area contributed by atoms with Crippen LogP contribution in [0.2, 0.25) is 0 Å². The van der Waals surface area contributed by atoms with Crippen LogP contribution in [0.5, 0.6) is 0 Å². The summed E-state index contributed by atoms with van der Waals surface area (Å²) in [6.45, 7) is 4.20. The van der Waals surface area contributed by atoms with E-state index in [0.717, 1.165) is 4.31 Å². The molecule has 1 rings (SSSR count). The van der Waals surface area contributed by atoms with Crippen molar-refractivity contribution in [3.05, 3.63) is 29.8 Å². The molecule has 7 heteroatoms. The van der Waals surface area contributed by atoms with Gasteiger partial charge in [0.2, 0.25) is 0 Å². The minimum Gasteiger partial charge on any atom is -0.384 e. The molecule has 0 aromatic heterocycles. The molecule has 0 saturated carbocycles. The molecule has 0 amide bonds. The maximum atomic E-state index is 12.1. The van der Waals surface area contributed by atoms with E-state index in [1.165, 1.54) is 7.05 Å². The number of benzene rings is 1. The highest BCUT2D eigenvalue weighted by Gasteiger charge is 2.21. The Labute approximate surface area is 114 Å². The Hall–Kier alpha value is -1.60. The second kappa shape index (κ2) is 6.03. The number of hydrogen-bond donors (Lipinski definition) is 3. The number of nitrogen functional groups attached to an aromatic ring is 1. The highest BCUT2D eigenvalue weighted by molar-refractivity contribution is 7.90. The molecule has 1 aromatic rings. The lowest BCUT2D eigenvalue weighted by molar-refractivity contribution is 0.558. The zero-order valence-corrected chi connectivity index (χ0v) is 12.2. The van der Waals surface area contributed by atoms with Gasteiger partial charge in [0, 0.05) is 19.2 Å². The molecule has 0 aliphatic carbocycles. The van der Waals surface area contributed by atoms with Crippen LogP contribution in [0, 0.1) is 11.3 Å². The normalized spacial score (nSPS) is 11.6. The summed E-state index contributed by atoms with van der Waals surface area (Å²) < 4.78 is 27.8. The molecule has 4 N–H and O–H groups in total. The van der Waals surface area contributed by atoms with Gasteiger partial charge in [-0.05, 0) is 18.1 Å². The summed E-state index contributed by atoms with van der Waals surface area (Å²) in [5.74, 6) is 0.0488. The van der Waals surface area contributed by atoms with Crippen LogP contribution < -0.4 is 14.8 Å². The van der Waals surface area contributed by atoms with Gasteiger partial charge < -0.3 is 5.73 Å². The first kappa shape index (κ1) is 15.5. The summed E-state index contributed by atoms with van der Waals surface area (Å²) in [5.41, 5.74) is 6.23. The SMILES string of the molecule is CC(C)CNS(=O)(=O)N(C)c1ccccc1C(=N)N. The highest BCUT2D eigenvalue weighted by Crippen LogP contribution is 2.20. The van der Waals surface area contributed by atoms with E-state index in [2.05, 4.69) is 4.72 Å². The third-order valence-electron chi connectivity index (χ3n) is 2.57. The first-order valence-corrected chi connectivity index (χ1v) is 7.36. The topological polar surface area (TPSA) is 99.3 Å². The molecule has 1 aromatic carbocycles. The van der Waals surface area contributed by atoms with Crippen LogP contribution in [-0.4, -0.2) is 27.8 Å². The summed E-state index contributed by atoms with van der Waals surface area (Å²) in [4.78, 5) is 0. The largest absolute Gasteiger partial charge is 0.384 e. The molecule has 19 heavy (non-hydrogen) atoms. The van der Waals surface area contributed by atoms with Crippen LogP contribution in [0.15, 0.2) is 24.3 Å². The van der Waals surface area contributed by atoms with Gasteiger partial charge in [-0.25, -0.2) is 0 Å². The van der Waals surface area contributed by atoms with E-state index in [1.54, 1.807) is 24.3 Å². The lowest BCUT2D eigenvalue weighted by Crippen LogP contribution is -2.40. The van der Waals surface area contributed by atoms with Crippen LogP contribution in [0.3, 0.4) is 0 Å². The number of nitrogens with two attached hydrogens (primary N) is 1. The third kappa shape index (κ3) is 3.93. The van der Waals surface area contributed by atoms with Gasteiger partial charge >= 0.3 is 10.2 Å². The van der Waals surface area contributed by atoms with Crippen molar-refractivity contribution >= 4 is 21.7 Å². The predicted octanol–water partition coefficient (Wildman–Crippen LogP) is 0.897. The third-order valence-corrected chi connectivity index (χ3v) is 4.02. The van der Waals surface area contributed by atoms with Crippen LogP contribution in [0.1, 0.15) is 19.4 Å². The van der Waals surface area contributed by atoms with Crippen molar-refractivity contribution in [2.45, 2.75) is 13.8 Å². The number of amidine groups is 1. The Morgan fingerprint density at radius 2 is 2.00 bits per heavy atom. The molecule has 0 saturated heterocycles. The van der Waals surface area contributed by atoms with E-state index in [0.29, 0.717) is 17.8 Å². The van der Waals surface area contributed by atoms with Crippen molar-refractivity contribution in [2.75, 3.05) is 17.9 Å². The zero-order chi connectivity index (χ0) is 14.6. The zero-order valence-electron chi connectivity index (χ0n) is 11.3. The monoisotopic (exact) mass is 284 g/mol. The smallest absolute Gasteiger partial charge is 0.301 e. The Morgan fingerprint density at radius 1 is 1.42 bits per heavy atom. The fraction of sp³-hybridized carbons (Fsp3) is 0.417. The van der Waals surface area contributed by atoms with E-state index < -0.39 is 10.2 Å². The maximum absolute atomic E-state index is 12.1. The molecule has 0 aliphatic rings. The van der Waals surface area contributed by atoms with Gasteiger partial charge in [0.25, 0.3) is 0 Å². The van der Waals surface area contributed by atoms with Crippen LogP contribution in [-0.2, 0) is 10.2 Å². The van der Waals surface area contributed by atoms with E-state index in [1.807, 2.05) is 13.8 Å². The Kier molecular flexibility index (Phi) is 4.90. The van der Waals surface area contributed by atoms with Crippen molar-refractivity contribution in [3.8, 4) is 0 Å². The van der Waals surface area contributed by atoms with Gasteiger partial charge in [-0.1, -0.05) is 26.0 Å². The molecule has 6 nitrogen and oxygen atoms in total. The van der Waals surface area contributed by atoms with E-state index in [9.17, 15) is 8.42 Å². The Morgan fingerprint density at radius 3 is 2.53 bits per heavy atom. The van der Waals surface area contributed by atoms with Crippen LogP contribution in [0.25, 0.3) is 0 Å². The minimum atomic E-state index is -3.63. The van der Waals surface area contributed by atoms with E-state index >= 15 is 0 Å². The lowest BCUT2D eigenvalue weighted by atomic mass is 10.1. The first-order valence-electron chi connectivity index (χ1n) is 5.92. The van der Waals surface area contributed by atoms with E-state index in [4.69, 9.17) is 11.1 Å². The minimum absolute atomic E-state index is 0.165. The summed E-state index contributed by atoms with van der Waals surface area (Å²) in [6.07, 6.45) is 0. The maximum Gasteiger partial charge on any atom is 0.301 e.